The van der Waals surface area contributed by atoms with Gasteiger partial charge in [-0.3, -0.25) is 4.79 Å². The summed E-state index contributed by atoms with van der Waals surface area (Å²) in [7, 11) is 1.78. The first kappa shape index (κ1) is 16.8. The molecule has 0 unspecified atom stereocenters. The molecule has 0 radical (unpaired) electrons. The van der Waals surface area contributed by atoms with Crippen LogP contribution >= 0.6 is 0 Å². The summed E-state index contributed by atoms with van der Waals surface area (Å²) in [6, 6.07) is 25.2. The van der Waals surface area contributed by atoms with Crippen LogP contribution in [-0.4, -0.2) is 13.0 Å². The van der Waals surface area contributed by atoms with Crippen LogP contribution in [0.1, 0.15) is 21.5 Å². The number of hydrogen-bond acceptors (Lipinski definition) is 2. The van der Waals surface area contributed by atoms with E-state index in [-0.39, 0.29) is 5.91 Å². The highest BCUT2D eigenvalue weighted by Gasteiger charge is 2.13. The average molecular weight is 331 g/mol. The molecule has 0 atom stereocenters. The molecule has 25 heavy (non-hydrogen) atoms. The lowest BCUT2D eigenvalue weighted by Gasteiger charge is -2.18. The molecule has 0 aliphatic rings. The molecule has 3 nitrogen and oxygen atoms in total. The number of carbonyl (C=O) groups is 1. The van der Waals surface area contributed by atoms with Crippen LogP contribution in [0.3, 0.4) is 0 Å². The molecular weight excluding hydrogens is 310 g/mol. The molecule has 0 spiro atoms. The molecule has 0 fully saturated rings. The van der Waals surface area contributed by atoms with Crippen molar-refractivity contribution in [2.45, 2.75) is 13.5 Å². The number of hydrogen-bond donors (Lipinski definition) is 0. The summed E-state index contributed by atoms with van der Waals surface area (Å²) in [4.78, 5) is 14.3. The first-order chi connectivity index (χ1) is 12.1. The maximum atomic E-state index is 12.6. The molecule has 1 amide bonds. The van der Waals surface area contributed by atoms with Gasteiger partial charge in [0.2, 0.25) is 0 Å². The van der Waals surface area contributed by atoms with Gasteiger partial charge < -0.3 is 9.64 Å². The second kappa shape index (κ2) is 7.67. The van der Waals surface area contributed by atoms with E-state index < -0.39 is 0 Å². The third-order valence-corrected chi connectivity index (χ3v) is 4.08. The average Bonchev–Trinajstić information content (AvgIpc) is 2.67. The van der Waals surface area contributed by atoms with Crippen LogP contribution in [0.2, 0.25) is 0 Å². The maximum Gasteiger partial charge on any atom is 0.258 e. The second-order valence-electron chi connectivity index (χ2n) is 6.00. The zero-order chi connectivity index (χ0) is 17.6. The van der Waals surface area contributed by atoms with E-state index in [0.29, 0.717) is 12.2 Å². The van der Waals surface area contributed by atoms with Gasteiger partial charge in [-0.2, -0.15) is 0 Å². The standard InChI is InChI=1S/C22H21NO2/c1-17-8-12-20(13-9-17)23(2)22(24)19-10-14-21(15-11-19)25-16-18-6-4-3-5-7-18/h3-15H,16H2,1-2H3. The van der Waals surface area contributed by atoms with Crippen LogP contribution in [-0.2, 0) is 6.61 Å². The first-order valence-electron chi connectivity index (χ1n) is 8.25. The lowest BCUT2D eigenvalue weighted by molar-refractivity contribution is 0.0993. The summed E-state index contributed by atoms with van der Waals surface area (Å²) in [6.07, 6.45) is 0. The monoisotopic (exact) mass is 331 g/mol. The van der Waals surface area contributed by atoms with Crippen LogP contribution in [0, 0.1) is 6.92 Å². The SMILES string of the molecule is Cc1ccc(N(C)C(=O)c2ccc(OCc3ccccc3)cc2)cc1. The molecular formula is C22H21NO2. The quantitative estimate of drug-likeness (QED) is 0.669. The van der Waals surface area contributed by atoms with Crippen LogP contribution in [0.4, 0.5) is 5.69 Å². The molecule has 0 saturated heterocycles. The van der Waals surface area contributed by atoms with Crippen molar-refractivity contribution < 1.29 is 9.53 Å². The zero-order valence-corrected chi connectivity index (χ0v) is 14.5. The van der Waals surface area contributed by atoms with Gasteiger partial charge >= 0.3 is 0 Å². The third-order valence-electron chi connectivity index (χ3n) is 4.08. The molecule has 0 bridgehead atoms. The number of carbonyl (C=O) groups excluding carboxylic acids is 1. The van der Waals surface area contributed by atoms with Gasteiger partial charge in [0.15, 0.2) is 0 Å². The van der Waals surface area contributed by atoms with Gasteiger partial charge in [-0.05, 0) is 48.9 Å². The molecule has 0 N–H and O–H groups in total. The highest BCUT2D eigenvalue weighted by molar-refractivity contribution is 6.05. The minimum atomic E-state index is -0.0431. The molecule has 3 rings (SSSR count). The number of nitrogens with zero attached hydrogens (tertiary/aromatic N) is 1. The molecule has 0 aliphatic heterocycles. The Hall–Kier alpha value is -3.07. The molecule has 0 aliphatic carbocycles. The molecule has 126 valence electrons. The van der Waals surface area contributed by atoms with Crippen molar-refractivity contribution in [3.05, 3.63) is 95.6 Å². The van der Waals surface area contributed by atoms with Gasteiger partial charge in [-0.25, -0.2) is 0 Å². The normalized spacial score (nSPS) is 10.3. The Kier molecular flexibility index (Phi) is 5.14. The smallest absolute Gasteiger partial charge is 0.258 e. The van der Waals surface area contributed by atoms with Gasteiger partial charge in [0.25, 0.3) is 5.91 Å². The summed E-state index contributed by atoms with van der Waals surface area (Å²) in [5.41, 5.74) is 3.79. The summed E-state index contributed by atoms with van der Waals surface area (Å²) in [5.74, 6) is 0.705. The topological polar surface area (TPSA) is 29.5 Å². The van der Waals surface area contributed by atoms with Crippen molar-refractivity contribution in [2.75, 3.05) is 11.9 Å². The number of anilines is 1. The highest BCUT2D eigenvalue weighted by atomic mass is 16.5. The molecule has 0 saturated carbocycles. The van der Waals surface area contributed by atoms with Crippen molar-refractivity contribution in [3.63, 3.8) is 0 Å². The van der Waals surface area contributed by atoms with Crippen LogP contribution in [0.15, 0.2) is 78.9 Å². The number of benzene rings is 3. The van der Waals surface area contributed by atoms with Crippen LogP contribution < -0.4 is 9.64 Å². The summed E-state index contributed by atoms with van der Waals surface area (Å²) in [6.45, 7) is 2.54. The van der Waals surface area contributed by atoms with E-state index in [1.165, 1.54) is 5.56 Å². The van der Waals surface area contributed by atoms with Crippen molar-refractivity contribution in [3.8, 4) is 5.75 Å². The fraction of sp³-hybridized carbons (Fsp3) is 0.136. The van der Waals surface area contributed by atoms with Gasteiger partial charge in [0, 0.05) is 18.3 Å². The van der Waals surface area contributed by atoms with Crippen molar-refractivity contribution in [2.24, 2.45) is 0 Å². The van der Waals surface area contributed by atoms with Crippen molar-refractivity contribution in [1.82, 2.24) is 0 Å². The van der Waals surface area contributed by atoms with E-state index in [9.17, 15) is 4.79 Å². The van der Waals surface area contributed by atoms with E-state index in [2.05, 4.69) is 0 Å². The van der Waals surface area contributed by atoms with E-state index in [1.54, 1.807) is 24.1 Å². The minimum absolute atomic E-state index is 0.0431. The Morgan fingerprint density at radius 2 is 1.52 bits per heavy atom. The predicted octanol–water partition coefficient (Wildman–Crippen LogP) is 4.85. The van der Waals surface area contributed by atoms with Gasteiger partial charge in [-0.1, -0.05) is 48.0 Å². The Morgan fingerprint density at radius 1 is 0.880 bits per heavy atom. The highest BCUT2D eigenvalue weighted by Crippen LogP contribution is 2.19. The Bertz CT molecular complexity index is 824. The lowest BCUT2D eigenvalue weighted by atomic mass is 10.1. The summed E-state index contributed by atoms with van der Waals surface area (Å²) >= 11 is 0. The largest absolute Gasteiger partial charge is 0.489 e. The minimum Gasteiger partial charge on any atom is -0.489 e. The van der Waals surface area contributed by atoms with Crippen molar-refractivity contribution >= 4 is 11.6 Å². The maximum absolute atomic E-state index is 12.6. The van der Waals surface area contributed by atoms with Crippen molar-refractivity contribution in [1.29, 1.82) is 0 Å². The Morgan fingerprint density at radius 3 is 2.16 bits per heavy atom. The van der Waals surface area contributed by atoms with E-state index in [4.69, 9.17) is 4.74 Å². The second-order valence-corrected chi connectivity index (χ2v) is 6.00. The fourth-order valence-electron chi connectivity index (χ4n) is 2.51. The van der Waals surface area contributed by atoms with E-state index >= 15 is 0 Å². The van der Waals surface area contributed by atoms with Gasteiger partial charge in [0.05, 0.1) is 0 Å². The predicted molar refractivity (Wildman–Crippen MR) is 101 cm³/mol. The first-order valence-corrected chi connectivity index (χ1v) is 8.25. The third kappa shape index (κ3) is 4.27. The number of amides is 1. The number of aryl methyl sites for hydroxylation is 1. The molecule has 0 heterocycles. The summed E-state index contributed by atoms with van der Waals surface area (Å²) in [5, 5.41) is 0. The zero-order valence-electron chi connectivity index (χ0n) is 14.5. The molecule has 0 aromatic heterocycles. The lowest BCUT2D eigenvalue weighted by Crippen LogP contribution is -2.26. The number of ether oxygens (including phenoxy) is 1. The molecule has 3 heteroatoms. The van der Waals surface area contributed by atoms with Gasteiger partial charge in [0.1, 0.15) is 12.4 Å². The van der Waals surface area contributed by atoms with E-state index in [1.807, 2.05) is 73.7 Å². The van der Waals surface area contributed by atoms with Crippen LogP contribution in [0.25, 0.3) is 0 Å². The van der Waals surface area contributed by atoms with E-state index in [0.717, 1.165) is 17.0 Å². The Labute approximate surface area is 148 Å². The summed E-state index contributed by atoms with van der Waals surface area (Å²) < 4.78 is 5.76. The Balaban J connectivity index is 1.65. The van der Waals surface area contributed by atoms with Gasteiger partial charge in [-0.15, -0.1) is 0 Å². The molecule has 3 aromatic rings. The fourth-order valence-corrected chi connectivity index (χ4v) is 2.51. The molecule has 3 aromatic carbocycles. The number of rotatable bonds is 5. The van der Waals surface area contributed by atoms with Crippen LogP contribution in [0.5, 0.6) is 5.75 Å².